The van der Waals surface area contributed by atoms with Crippen molar-refractivity contribution in [2.45, 2.75) is 0 Å². The molecule has 3 heterocycles. The van der Waals surface area contributed by atoms with Crippen LogP contribution in [0, 0.1) is 5.41 Å². The zero-order chi connectivity index (χ0) is 18.4. The smallest absolute Gasteiger partial charge is 0.259 e. The van der Waals surface area contributed by atoms with E-state index in [1.165, 1.54) is 0 Å². The van der Waals surface area contributed by atoms with Crippen molar-refractivity contribution < 1.29 is 9.32 Å². The molecule has 0 radical (unpaired) electrons. The van der Waals surface area contributed by atoms with Crippen LogP contribution in [0.2, 0.25) is 0 Å². The molecule has 27 heavy (non-hydrogen) atoms. The number of carbonyl (C=O) groups is 1. The highest BCUT2D eigenvalue weighted by molar-refractivity contribution is 6.00. The highest BCUT2D eigenvalue weighted by atomic mass is 16.5. The number of aromatic nitrogens is 2. The van der Waals surface area contributed by atoms with Crippen molar-refractivity contribution in [2.75, 3.05) is 33.2 Å². The molecule has 2 fully saturated rings. The summed E-state index contributed by atoms with van der Waals surface area (Å²) in [5.74, 6) is 0.926. The molecule has 2 saturated heterocycles. The minimum atomic E-state index is 0.0326. The quantitative estimate of drug-likeness (QED) is 0.719. The number of hydrogen-bond donors (Lipinski definition) is 0. The maximum Gasteiger partial charge on any atom is 0.259 e. The summed E-state index contributed by atoms with van der Waals surface area (Å²) >= 11 is 0. The molecule has 136 valence electrons. The molecule has 0 saturated carbocycles. The Hall–Kier alpha value is -2.99. The van der Waals surface area contributed by atoms with Crippen molar-refractivity contribution >= 4 is 5.91 Å². The second-order valence-corrected chi connectivity index (χ2v) is 7.67. The lowest BCUT2D eigenvalue weighted by Crippen LogP contribution is -2.72. The summed E-state index contributed by atoms with van der Waals surface area (Å²) in [6, 6.07) is 17.1. The molecule has 6 heteroatoms. The van der Waals surface area contributed by atoms with Crippen molar-refractivity contribution in [1.29, 1.82) is 0 Å². The molecular formula is C21H20N4O2. The number of rotatable bonds is 3. The van der Waals surface area contributed by atoms with E-state index in [4.69, 9.17) is 4.52 Å². The molecule has 0 N–H and O–H groups in total. The van der Waals surface area contributed by atoms with Crippen molar-refractivity contribution in [3.05, 3.63) is 60.2 Å². The molecule has 2 aromatic carbocycles. The van der Waals surface area contributed by atoms with Crippen LogP contribution >= 0.6 is 0 Å². The van der Waals surface area contributed by atoms with Crippen LogP contribution in [0.1, 0.15) is 10.4 Å². The van der Waals surface area contributed by atoms with Gasteiger partial charge in [-0.15, -0.1) is 0 Å². The Kier molecular flexibility index (Phi) is 3.62. The van der Waals surface area contributed by atoms with Crippen LogP contribution in [0.4, 0.5) is 0 Å². The summed E-state index contributed by atoms with van der Waals surface area (Å²) in [6.07, 6.45) is 0. The Morgan fingerprint density at radius 1 is 1.00 bits per heavy atom. The third-order valence-electron chi connectivity index (χ3n) is 5.40. The van der Waals surface area contributed by atoms with Gasteiger partial charge in [-0.1, -0.05) is 47.6 Å². The molecular weight excluding hydrogens is 340 g/mol. The van der Waals surface area contributed by atoms with Gasteiger partial charge in [-0.2, -0.15) is 4.98 Å². The maximum atomic E-state index is 13.0. The van der Waals surface area contributed by atoms with Gasteiger partial charge >= 0.3 is 0 Å². The molecule has 3 aromatic rings. The molecule has 0 unspecified atom stereocenters. The van der Waals surface area contributed by atoms with Gasteiger partial charge in [-0.05, 0) is 19.2 Å². The fourth-order valence-electron chi connectivity index (χ4n) is 4.27. The van der Waals surface area contributed by atoms with Crippen LogP contribution in [-0.4, -0.2) is 59.1 Å². The Balaban J connectivity index is 1.40. The average molecular weight is 360 g/mol. The summed E-state index contributed by atoms with van der Waals surface area (Å²) < 4.78 is 5.48. The molecule has 1 amide bonds. The molecule has 1 spiro atoms. The number of carbonyl (C=O) groups excluding carboxylic acids is 1. The normalized spacial score (nSPS) is 18.2. The first-order chi connectivity index (χ1) is 13.1. The van der Waals surface area contributed by atoms with Crippen LogP contribution in [-0.2, 0) is 0 Å². The number of nitrogens with zero attached hydrogens (tertiary/aromatic N) is 4. The molecule has 0 aliphatic carbocycles. The maximum absolute atomic E-state index is 13.0. The average Bonchev–Trinajstić information content (AvgIpc) is 3.14. The van der Waals surface area contributed by atoms with Gasteiger partial charge in [0, 0.05) is 37.2 Å². The van der Waals surface area contributed by atoms with E-state index in [1.54, 1.807) is 0 Å². The van der Waals surface area contributed by atoms with E-state index < -0.39 is 0 Å². The Morgan fingerprint density at radius 3 is 2.44 bits per heavy atom. The number of likely N-dealkylation sites (tertiary alicyclic amines) is 2. The molecule has 2 aliphatic heterocycles. The number of amides is 1. The van der Waals surface area contributed by atoms with Gasteiger partial charge in [0.05, 0.1) is 11.1 Å². The standard InChI is InChI=1S/C21H20N4O2/c1-24-11-21(12-24)13-25(14-21)20(26)17-10-6-5-9-16(17)19-22-18(23-27-19)15-7-3-2-4-8-15/h2-10H,11-14H2,1H3. The fourth-order valence-corrected chi connectivity index (χ4v) is 4.27. The van der Waals surface area contributed by atoms with Gasteiger partial charge in [-0.25, -0.2) is 0 Å². The highest BCUT2D eigenvalue weighted by Gasteiger charge is 2.52. The van der Waals surface area contributed by atoms with Crippen molar-refractivity contribution in [3.8, 4) is 22.8 Å². The van der Waals surface area contributed by atoms with E-state index in [0.717, 1.165) is 31.7 Å². The summed E-state index contributed by atoms with van der Waals surface area (Å²) in [5, 5.41) is 4.08. The summed E-state index contributed by atoms with van der Waals surface area (Å²) in [7, 11) is 2.12. The third-order valence-corrected chi connectivity index (χ3v) is 5.40. The van der Waals surface area contributed by atoms with E-state index in [2.05, 4.69) is 22.1 Å². The van der Waals surface area contributed by atoms with Gasteiger partial charge in [-0.3, -0.25) is 4.79 Å². The van der Waals surface area contributed by atoms with Crippen LogP contribution in [0.3, 0.4) is 0 Å². The summed E-state index contributed by atoms with van der Waals surface area (Å²) in [6.45, 7) is 3.79. The number of benzene rings is 2. The first-order valence-corrected chi connectivity index (χ1v) is 9.10. The van der Waals surface area contributed by atoms with E-state index in [-0.39, 0.29) is 5.91 Å². The van der Waals surface area contributed by atoms with Crippen molar-refractivity contribution in [3.63, 3.8) is 0 Å². The van der Waals surface area contributed by atoms with Crippen molar-refractivity contribution in [2.24, 2.45) is 5.41 Å². The van der Waals surface area contributed by atoms with Crippen LogP contribution < -0.4 is 0 Å². The highest BCUT2D eigenvalue weighted by Crippen LogP contribution is 2.40. The summed E-state index contributed by atoms with van der Waals surface area (Å²) in [4.78, 5) is 21.7. The Morgan fingerprint density at radius 2 is 1.70 bits per heavy atom. The lowest BCUT2D eigenvalue weighted by atomic mass is 9.73. The minimum absolute atomic E-state index is 0.0326. The SMILES string of the molecule is CN1CC2(C1)CN(C(=O)c1ccccc1-c1nc(-c3ccccc3)no1)C2. The van der Waals surface area contributed by atoms with Crippen LogP contribution in [0.15, 0.2) is 59.1 Å². The number of hydrogen-bond acceptors (Lipinski definition) is 5. The fraction of sp³-hybridized carbons (Fsp3) is 0.286. The van der Waals surface area contributed by atoms with Gasteiger partial charge in [0.1, 0.15) is 0 Å². The topological polar surface area (TPSA) is 62.5 Å². The first-order valence-electron chi connectivity index (χ1n) is 9.10. The van der Waals surface area contributed by atoms with Crippen molar-refractivity contribution in [1.82, 2.24) is 19.9 Å². The monoisotopic (exact) mass is 360 g/mol. The van der Waals surface area contributed by atoms with E-state index in [1.807, 2.05) is 59.5 Å². The zero-order valence-corrected chi connectivity index (χ0v) is 15.1. The van der Waals surface area contributed by atoms with Crippen LogP contribution in [0.5, 0.6) is 0 Å². The lowest BCUT2D eigenvalue weighted by molar-refractivity contribution is -0.0871. The third kappa shape index (κ3) is 2.73. The molecule has 0 atom stereocenters. The zero-order valence-electron chi connectivity index (χ0n) is 15.1. The molecule has 1 aromatic heterocycles. The van der Waals surface area contributed by atoms with Gasteiger partial charge in [0.2, 0.25) is 5.82 Å². The predicted molar refractivity (Wildman–Crippen MR) is 101 cm³/mol. The molecule has 2 aliphatic rings. The van der Waals surface area contributed by atoms with Gasteiger partial charge in [0.15, 0.2) is 0 Å². The van der Waals surface area contributed by atoms with E-state index in [9.17, 15) is 4.79 Å². The summed E-state index contributed by atoms with van der Waals surface area (Å²) in [5.41, 5.74) is 2.49. The second kappa shape index (κ2) is 6.03. The molecule has 5 rings (SSSR count). The van der Waals surface area contributed by atoms with Crippen LogP contribution in [0.25, 0.3) is 22.8 Å². The first kappa shape index (κ1) is 16.2. The Labute approximate surface area is 157 Å². The molecule has 0 bridgehead atoms. The second-order valence-electron chi connectivity index (χ2n) is 7.67. The largest absolute Gasteiger partial charge is 0.337 e. The van der Waals surface area contributed by atoms with E-state index >= 15 is 0 Å². The van der Waals surface area contributed by atoms with Gasteiger partial charge in [0.25, 0.3) is 11.8 Å². The predicted octanol–water partition coefficient (Wildman–Crippen LogP) is 2.79. The van der Waals surface area contributed by atoms with Gasteiger partial charge < -0.3 is 14.3 Å². The lowest BCUT2D eigenvalue weighted by Gasteiger charge is -2.59. The molecule has 6 nitrogen and oxygen atoms in total. The Bertz CT molecular complexity index is 984. The van der Waals surface area contributed by atoms with E-state index in [0.29, 0.717) is 28.3 Å². The minimum Gasteiger partial charge on any atom is -0.337 e.